The second-order valence-corrected chi connectivity index (χ2v) is 3.56. The molecule has 0 saturated carbocycles. The number of aliphatic hydroxyl groups is 1. The summed E-state index contributed by atoms with van der Waals surface area (Å²) in [4.78, 5) is 0. The molecule has 1 rings (SSSR count). The van der Waals surface area contributed by atoms with Gasteiger partial charge in [-0.15, -0.1) is 0 Å². The number of hydrogen-bond donors (Lipinski definition) is 2. The summed E-state index contributed by atoms with van der Waals surface area (Å²) in [5.74, 6) is 1.40. The number of methoxy groups -OCH3 is 3. The van der Waals surface area contributed by atoms with Crippen LogP contribution in [0.3, 0.4) is 0 Å². The number of anilines is 1. The lowest BCUT2D eigenvalue weighted by Crippen LogP contribution is -2.24. The summed E-state index contributed by atoms with van der Waals surface area (Å²) in [5.41, 5.74) is 0.809. The van der Waals surface area contributed by atoms with E-state index in [1.807, 2.05) is 12.1 Å². The summed E-state index contributed by atoms with van der Waals surface area (Å²) in [6.07, 6.45) is -0.549. The summed E-state index contributed by atoms with van der Waals surface area (Å²) in [7, 11) is 4.74. The lowest BCUT2D eigenvalue weighted by Gasteiger charge is -2.15. The van der Waals surface area contributed by atoms with E-state index in [9.17, 15) is 5.11 Å². The van der Waals surface area contributed by atoms with E-state index >= 15 is 0 Å². The van der Waals surface area contributed by atoms with Crippen LogP contribution in [0.2, 0.25) is 0 Å². The number of benzene rings is 1. The quantitative estimate of drug-likeness (QED) is 0.749. The van der Waals surface area contributed by atoms with Gasteiger partial charge < -0.3 is 24.6 Å². The lowest BCUT2D eigenvalue weighted by molar-refractivity contribution is 0.0727. The molecule has 0 aliphatic rings. The number of ether oxygens (including phenoxy) is 3. The number of hydrogen-bond acceptors (Lipinski definition) is 5. The molecule has 0 fully saturated rings. The third kappa shape index (κ3) is 4.13. The van der Waals surface area contributed by atoms with Gasteiger partial charge in [-0.05, 0) is 12.1 Å². The molecule has 0 amide bonds. The molecule has 5 nitrogen and oxygen atoms in total. The van der Waals surface area contributed by atoms with E-state index in [1.54, 1.807) is 27.4 Å². The van der Waals surface area contributed by atoms with E-state index in [0.717, 1.165) is 11.4 Å². The summed E-state index contributed by atoms with van der Waals surface area (Å²) in [5, 5.41) is 12.6. The number of rotatable bonds is 7. The Balaban J connectivity index is 2.63. The molecule has 0 spiro atoms. The van der Waals surface area contributed by atoms with E-state index in [4.69, 9.17) is 14.2 Å². The molecular formula is C12H19NO4. The van der Waals surface area contributed by atoms with Gasteiger partial charge in [0.25, 0.3) is 0 Å². The Labute approximate surface area is 101 Å². The van der Waals surface area contributed by atoms with Crippen LogP contribution in [0.5, 0.6) is 11.5 Å². The van der Waals surface area contributed by atoms with Gasteiger partial charge in [-0.1, -0.05) is 0 Å². The number of nitrogens with one attached hydrogen (secondary N) is 1. The highest BCUT2D eigenvalue weighted by molar-refractivity contribution is 5.59. The topological polar surface area (TPSA) is 60.0 Å². The first-order chi connectivity index (χ1) is 8.21. The summed E-state index contributed by atoms with van der Waals surface area (Å²) < 4.78 is 15.2. The standard InChI is InChI=1S/C12H19NO4/c1-15-8-9(14)7-13-11-5-4-10(16-2)6-12(11)17-3/h4-6,9,13-14H,7-8H2,1-3H3. The van der Waals surface area contributed by atoms with Gasteiger partial charge in [0.2, 0.25) is 0 Å². The Morgan fingerprint density at radius 2 is 2.00 bits per heavy atom. The predicted molar refractivity (Wildman–Crippen MR) is 65.9 cm³/mol. The molecule has 0 radical (unpaired) electrons. The molecular weight excluding hydrogens is 222 g/mol. The van der Waals surface area contributed by atoms with Crippen LogP contribution in [0, 0.1) is 0 Å². The van der Waals surface area contributed by atoms with Crippen LogP contribution in [0.1, 0.15) is 0 Å². The number of aliphatic hydroxyl groups excluding tert-OH is 1. The Kier molecular flexibility index (Phi) is 5.59. The predicted octanol–water partition coefficient (Wildman–Crippen LogP) is 1.12. The first-order valence-corrected chi connectivity index (χ1v) is 5.34. The average Bonchev–Trinajstić information content (AvgIpc) is 2.36. The first-order valence-electron chi connectivity index (χ1n) is 5.34. The molecule has 0 aromatic heterocycles. The van der Waals surface area contributed by atoms with Crippen LogP contribution in [-0.2, 0) is 4.74 Å². The molecule has 1 aromatic rings. The van der Waals surface area contributed by atoms with Crippen molar-refractivity contribution < 1.29 is 19.3 Å². The van der Waals surface area contributed by atoms with Crippen LogP contribution >= 0.6 is 0 Å². The highest BCUT2D eigenvalue weighted by Crippen LogP contribution is 2.28. The second kappa shape index (κ2) is 6.98. The van der Waals surface area contributed by atoms with Crippen LogP contribution in [-0.4, -0.2) is 45.7 Å². The zero-order chi connectivity index (χ0) is 12.7. The highest BCUT2D eigenvalue weighted by Gasteiger charge is 2.07. The second-order valence-electron chi connectivity index (χ2n) is 3.56. The Morgan fingerprint density at radius 1 is 1.24 bits per heavy atom. The molecule has 0 saturated heterocycles. The van der Waals surface area contributed by atoms with Crippen LogP contribution in [0.15, 0.2) is 18.2 Å². The lowest BCUT2D eigenvalue weighted by atomic mass is 10.2. The van der Waals surface area contributed by atoms with E-state index < -0.39 is 6.10 Å². The molecule has 0 aliphatic carbocycles. The van der Waals surface area contributed by atoms with Crippen LogP contribution in [0.4, 0.5) is 5.69 Å². The summed E-state index contributed by atoms with van der Waals surface area (Å²) in [6.45, 7) is 0.696. The normalized spacial score (nSPS) is 12.0. The van der Waals surface area contributed by atoms with Gasteiger partial charge in [-0.2, -0.15) is 0 Å². The van der Waals surface area contributed by atoms with Crippen molar-refractivity contribution in [1.82, 2.24) is 0 Å². The maximum Gasteiger partial charge on any atom is 0.145 e. The smallest absolute Gasteiger partial charge is 0.145 e. The van der Waals surface area contributed by atoms with Crippen molar-refractivity contribution in [2.24, 2.45) is 0 Å². The van der Waals surface area contributed by atoms with Gasteiger partial charge in [0.05, 0.1) is 32.6 Å². The molecule has 2 N–H and O–H groups in total. The minimum absolute atomic E-state index is 0.297. The van der Waals surface area contributed by atoms with Gasteiger partial charge in [0.1, 0.15) is 11.5 Å². The van der Waals surface area contributed by atoms with Gasteiger partial charge in [0.15, 0.2) is 0 Å². The molecule has 17 heavy (non-hydrogen) atoms. The maximum atomic E-state index is 9.52. The van der Waals surface area contributed by atoms with E-state index in [2.05, 4.69) is 5.32 Å². The van der Waals surface area contributed by atoms with Crippen molar-refractivity contribution in [1.29, 1.82) is 0 Å². The fraction of sp³-hybridized carbons (Fsp3) is 0.500. The minimum atomic E-state index is -0.549. The van der Waals surface area contributed by atoms with Crippen LogP contribution in [0.25, 0.3) is 0 Å². The maximum absolute atomic E-state index is 9.52. The van der Waals surface area contributed by atoms with Crippen molar-refractivity contribution >= 4 is 5.69 Å². The molecule has 96 valence electrons. The monoisotopic (exact) mass is 241 g/mol. The fourth-order valence-corrected chi connectivity index (χ4v) is 1.42. The largest absolute Gasteiger partial charge is 0.497 e. The first kappa shape index (κ1) is 13.6. The van der Waals surface area contributed by atoms with E-state index in [-0.39, 0.29) is 0 Å². The molecule has 1 aromatic carbocycles. The highest BCUT2D eigenvalue weighted by atomic mass is 16.5. The van der Waals surface area contributed by atoms with Gasteiger partial charge in [-0.25, -0.2) is 0 Å². The molecule has 0 heterocycles. The average molecular weight is 241 g/mol. The zero-order valence-corrected chi connectivity index (χ0v) is 10.4. The van der Waals surface area contributed by atoms with Crippen molar-refractivity contribution in [3.05, 3.63) is 18.2 Å². The Bertz CT molecular complexity index is 343. The van der Waals surface area contributed by atoms with Gasteiger partial charge in [-0.3, -0.25) is 0 Å². The molecule has 5 heteroatoms. The zero-order valence-electron chi connectivity index (χ0n) is 10.4. The van der Waals surface area contributed by atoms with Crippen molar-refractivity contribution in [2.75, 3.05) is 39.8 Å². The van der Waals surface area contributed by atoms with Gasteiger partial charge >= 0.3 is 0 Å². The van der Waals surface area contributed by atoms with Crippen molar-refractivity contribution in [2.45, 2.75) is 6.10 Å². The molecule has 0 bridgehead atoms. The SMILES string of the molecule is COCC(O)CNc1ccc(OC)cc1OC. The van der Waals surface area contributed by atoms with Crippen molar-refractivity contribution in [3.8, 4) is 11.5 Å². The van der Waals surface area contributed by atoms with Crippen LogP contribution < -0.4 is 14.8 Å². The molecule has 0 aliphatic heterocycles. The molecule has 1 atom stereocenters. The van der Waals surface area contributed by atoms with Gasteiger partial charge in [0, 0.05) is 19.7 Å². The van der Waals surface area contributed by atoms with E-state index in [0.29, 0.717) is 18.9 Å². The third-order valence-corrected chi connectivity index (χ3v) is 2.30. The summed E-state index contributed by atoms with van der Waals surface area (Å²) >= 11 is 0. The Morgan fingerprint density at radius 3 is 2.59 bits per heavy atom. The Hall–Kier alpha value is -1.46. The van der Waals surface area contributed by atoms with E-state index in [1.165, 1.54) is 0 Å². The summed E-state index contributed by atoms with van der Waals surface area (Å²) in [6, 6.07) is 5.45. The fourth-order valence-electron chi connectivity index (χ4n) is 1.42. The molecule has 1 unspecified atom stereocenters. The third-order valence-electron chi connectivity index (χ3n) is 2.30. The van der Waals surface area contributed by atoms with Crippen molar-refractivity contribution in [3.63, 3.8) is 0 Å². The minimum Gasteiger partial charge on any atom is -0.497 e.